The van der Waals surface area contributed by atoms with E-state index in [0.29, 0.717) is 18.2 Å². The van der Waals surface area contributed by atoms with E-state index in [1.54, 1.807) is 24.3 Å². The highest BCUT2D eigenvalue weighted by molar-refractivity contribution is 7.89. The second-order valence-corrected chi connectivity index (χ2v) is 6.68. The summed E-state index contributed by atoms with van der Waals surface area (Å²) in [6.45, 7) is 1.71. The molecule has 1 aromatic rings. The molecule has 0 amide bonds. The lowest BCUT2D eigenvalue weighted by molar-refractivity contribution is 0.311. The monoisotopic (exact) mass is 283 g/mol. The van der Waals surface area contributed by atoms with Crippen molar-refractivity contribution in [1.82, 2.24) is 9.62 Å². The van der Waals surface area contributed by atoms with Gasteiger partial charge in [-0.2, -0.15) is 0 Å². The third-order valence-electron chi connectivity index (χ3n) is 3.66. The van der Waals surface area contributed by atoms with Gasteiger partial charge in [0.05, 0.1) is 4.90 Å². The van der Waals surface area contributed by atoms with Crippen molar-refractivity contribution in [3.05, 3.63) is 29.8 Å². The third-order valence-corrected chi connectivity index (χ3v) is 5.19. The maximum atomic E-state index is 12.3. The maximum Gasteiger partial charge on any atom is 0.240 e. The topological polar surface area (TPSA) is 75.4 Å². The molecule has 0 bridgehead atoms. The molecule has 106 valence electrons. The summed E-state index contributed by atoms with van der Waals surface area (Å²) in [7, 11) is -1.44. The molecule has 2 rings (SSSR count). The summed E-state index contributed by atoms with van der Waals surface area (Å²) in [6, 6.07) is 7.15. The highest BCUT2D eigenvalue weighted by atomic mass is 32.2. The minimum Gasteiger partial charge on any atom is -0.326 e. The van der Waals surface area contributed by atoms with Gasteiger partial charge in [-0.1, -0.05) is 18.2 Å². The van der Waals surface area contributed by atoms with Crippen LogP contribution in [0.5, 0.6) is 0 Å². The lowest BCUT2D eigenvalue weighted by Crippen LogP contribution is -2.38. The number of benzene rings is 1. The number of sulfonamides is 1. The van der Waals surface area contributed by atoms with Crippen LogP contribution in [0, 0.1) is 0 Å². The van der Waals surface area contributed by atoms with Crippen molar-refractivity contribution >= 4 is 10.0 Å². The molecule has 1 saturated heterocycles. The number of rotatable bonds is 5. The first-order chi connectivity index (χ1) is 9.04. The van der Waals surface area contributed by atoms with Gasteiger partial charge >= 0.3 is 0 Å². The van der Waals surface area contributed by atoms with Crippen LogP contribution < -0.4 is 10.5 Å². The molecule has 0 radical (unpaired) electrons. The molecular weight excluding hydrogens is 262 g/mol. The average Bonchev–Trinajstić information content (AvgIpc) is 2.82. The van der Waals surface area contributed by atoms with E-state index in [2.05, 4.69) is 9.62 Å². The number of hydrogen-bond donors (Lipinski definition) is 2. The van der Waals surface area contributed by atoms with Crippen molar-refractivity contribution in [2.45, 2.75) is 30.3 Å². The Bertz CT molecular complexity index is 530. The van der Waals surface area contributed by atoms with E-state index in [1.807, 2.05) is 7.05 Å². The Morgan fingerprint density at radius 1 is 1.42 bits per heavy atom. The van der Waals surface area contributed by atoms with Crippen molar-refractivity contribution in [2.75, 3.05) is 20.1 Å². The van der Waals surface area contributed by atoms with E-state index in [0.717, 1.165) is 19.4 Å². The zero-order valence-electron chi connectivity index (χ0n) is 11.2. The SMILES string of the molecule is CN1CCCC1CNS(=O)(=O)c1ccccc1CN. The number of nitrogens with zero attached hydrogens (tertiary/aromatic N) is 1. The van der Waals surface area contributed by atoms with Gasteiger partial charge in [-0.25, -0.2) is 13.1 Å². The molecule has 1 aliphatic heterocycles. The zero-order valence-corrected chi connectivity index (χ0v) is 12.0. The largest absolute Gasteiger partial charge is 0.326 e. The van der Waals surface area contributed by atoms with Crippen molar-refractivity contribution in [3.63, 3.8) is 0 Å². The Kier molecular flexibility index (Phi) is 4.57. The Morgan fingerprint density at radius 3 is 2.79 bits per heavy atom. The van der Waals surface area contributed by atoms with Gasteiger partial charge in [0.15, 0.2) is 0 Å². The van der Waals surface area contributed by atoms with Gasteiger partial charge in [-0.15, -0.1) is 0 Å². The highest BCUT2D eigenvalue weighted by Crippen LogP contribution is 2.17. The lowest BCUT2D eigenvalue weighted by Gasteiger charge is -2.20. The van der Waals surface area contributed by atoms with Gasteiger partial charge < -0.3 is 10.6 Å². The minimum atomic E-state index is -3.47. The number of hydrogen-bond acceptors (Lipinski definition) is 4. The summed E-state index contributed by atoms with van der Waals surface area (Å²) in [5.74, 6) is 0. The fourth-order valence-corrected chi connectivity index (χ4v) is 3.78. The number of nitrogens with two attached hydrogens (primary N) is 1. The van der Waals surface area contributed by atoms with Crippen LogP contribution in [-0.2, 0) is 16.6 Å². The van der Waals surface area contributed by atoms with Crippen molar-refractivity contribution < 1.29 is 8.42 Å². The molecule has 1 aliphatic rings. The fourth-order valence-electron chi connectivity index (χ4n) is 2.46. The van der Waals surface area contributed by atoms with E-state index in [1.165, 1.54) is 0 Å². The molecule has 3 N–H and O–H groups in total. The van der Waals surface area contributed by atoms with E-state index < -0.39 is 10.0 Å². The average molecular weight is 283 g/mol. The van der Waals surface area contributed by atoms with Crippen LogP contribution in [0.4, 0.5) is 0 Å². The van der Waals surface area contributed by atoms with Crippen LogP contribution >= 0.6 is 0 Å². The van der Waals surface area contributed by atoms with Crippen molar-refractivity contribution in [1.29, 1.82) is 0 Å². The molecular formula is C13H21N3O2S. The molecule has 1 fully saturated rings. The van der Waals surface area contributed by atoms with Gasteiger partial charge in [-0.3, -0.25) is 0 Å². The second kappa shape index (κ2) is 6.00. The summed E-state index contributed by atoms with van der Waals surface area (Å²) in [5, 5.41) is 0. The normalized spacial score (nSPS) is 20.8. The van der Waals surface area contributed by atoms with Gasteiger partial charge in [0, 0.05) is 19.1 Å². The van der Waals surface area contributed by atoms with Crippen LogP contribution in [0.25, 0.3) is 0 Å². The van der Waals surface area contributed by atoms with Crippen molar-refractivity contribution in [3.8, 4) is 0 Å². The summed E-state index contributed by atoms with van der Waals surface area (Å²) < 4.78 is 27.3. The van der Waals surface area contributed by atoms with E-state index >= 15 is 0 Å². The molecule has 0 aliphatic carbocycles. The minimum absolute atomic E-state index is 0.223. The van der Waals surface area contributed by atoms with Gasteiger partial charge in [0.2, 0.25) is 10.0 Å². The highest BCUT2D eigenvalue weighted by Gasteiger charge is 2.24. The zero-order chi connectivity index (χ0) is 13.9. The molecule has 6 heteroatoms. The Labute approximate surface area is 114 Å². The van der Waals surface area contributed by atoms with E-state index in [-0.39, 0.29) is 11.4 Å². The maximum absolute atomic E-state index is 12.3. The quantitative estimate of drug-likeness (QED) is 0.826. The first kappa shape index (κ1) is 14.5. The van der Waals surface area contributed by atoms with Gasteiger partial charge in [0.1, 0.15) is 0 Å². The predicted octanol–water partition coefficient (Wildman–Crippen LogP) is 0.518. The molecule has 5 nitrogen and oxygen atoms in total. The molecule has 19 heavy (non-hydrogen) atoms. The van der Waals surface area contributed by atoms with Crippen LogP contribution in [0.1, 0.15) is 18.4 Å². The van der Waals surface area contributed by atoms with Crippen LogP contribution in [0.15, 0.2) is 29.2 Å². The number of likely N-dealkylation sites (tertiary alicyclic amines) is 1. The standard InChI is InChI=1S/C13H21N3O2S/c1-16-8-4-6-12(16)10-15-19(17,18)13-7-3-2-5-11(13)9-14/h2-3,5,7,12,15H,4,6,8-10,14H2,1H3. The fraction of sp³-hybridized carbons (Fsp3) is 0.538. The molecule has 1 unspecified atom stereocenters. The molecule has 1 heterocycles. The Hall–Kier alpha value is -0.950. The van der Waals surface area contributed by atoms with Crippen LogP contribution in [-0.4, -0.2) is 39.5 Å². The second-order valence-electron chi connectivity index (χ2n) is 4.94. The summed E-state index contributed by atoms with van der Waals surface area (Å²) in [6.07, 6.45) is 2.17. The summed E-state index contributed by atoms with van der Waals surface area (Å²) in [4.78, 5) is 2.48. The van der Waals surface area contributed by atoms with Gasteiger partial charge in [0.25, 0.3) is 0 Å². The third kappa shape index (κ3) is 3.33. The smallest absolute Gasteiger partial charge is 0.240 e. The van der Waals surface area contributed by atoms with Crippen LogP contribution in [0.2, 0.25) is 0 Å². The molecule has 1 aromatic carbocycles. The lowest BCUT2D eigenvalue weighted by atomic mass is 10.2. The van der Waals surface area contributed by atoms with Crippen molar-refractivity contribution in [2.24, 2.45) is 5.73 Å². The molecule has 0 saturated carbocycles. The summed E-state index contributed by atoms with van der Waals surface area (Å²) in [5.41, 5.74) is 6.24. The predicted molar refractivity (Wildman–Crippen MR) is 75.2 cm³/mol. The first-order valence-corrected chi connectivity index (χ1v) is 8.01. The number of likely N-dealkylation sites (N-methyl/N-ethyl adjacent to an activating group) is 1. The van der Waals surface area contributed by atoms with Crippen LogP contribution in [0.3, 0.4) is 0 Å². The molecule has 0 aromatic heterocycles. The number of nitrogens with one attached hydrogen (secondary N) is 1. The van der Waals surface area contributed by atoms with E-state index in [9.17, 15) is 8.42 Å². The first-order valence-electron chi connectivity index (χ1n) is 6.52. The Balaban J connectivity index is 2.09. The Morgan fingerprint density at radius 2 is 2.16 bits per heavy atom. The molecule has 0 spiro atoms. The molecule has 1 atom stereocenters. The summed E-state index contributed by atoms with van der Waals surface area (Å²) >= 11 is 0. The van der Waals surface area contributed by atoms with Gasteiger partial charge in [-0.05, 0) is 38.1 Å². The van der Waals surface area contributed by atoms with E-state index in [4.69, 9.17) is 5.73 Å².